The standard InChI is InChI=1S/C5H10.7CH4.2Y/c1-3-5-4-2;;;;;;;;;/h3-4H,5H2,1-2H3;7*1H4;;/q-2;;;;;;;;;. The van der Waals surface area contributed by atoms with Crippen molar-refractivity contribution in [2.24, 2.45) is 0 Å². The normalized spacial score (nSPS) is 3.00. The predicted molar refractivity (Wildman–Crippen MR) is 71.7 cm³/mol. The van der Waals surface area contributed by atoms with Crippen molar-refractivity contribution in [1.82, 2.24) is 0 Å². The van der Waals surface area contributed by atoms with Gasteiger partial charge in [0.2, 0.25) is 0 Å². The van der Waals surface area contributed by atoms with E-state index in [1.165, 1.54) is 0 Å². The van der Waals surface area contributed by atoms with E-state index in [1.54, 1.807) is 0 Å². The monoisotopic (exact) mass is 360 g/mol. The molecule has 0 N–H and O–H groups in total. The van der Waals surface area contributed by atoms with E-state index in [2.05, 4.69) is 26.7 Å². The van der Waals surface area contributed by atoms with Gasteiger partial charge in [-0.05, 0) is 0 Å². The molecule has 0 aromatic heterocycles. The van der Waals surface area contributed by atoms with Crippen molar-refractivity contribution in [3.05, 3.63) is 12.8 Å². The van der Waals surface area contributed by atoms with E-state index < -0.39 is 0 Å². The molecule has 0 fully saturated rings. The molecule has 2 radical (unpaired) electrons. The zero-order valence-electron chi connectivity index (χ0n) is 5.02. The van der Waals surface area contributed by atoms with E-state index in [9.17, 15) is 0 Å². The summed E-state index contributed by atoms with van der Waals surface area (Å²) in [6.07, 6.45) is 5.39. The molecule has 94 valence electrons. The zero-order valence-corrected chi connectivity index (χ0v) is 10.7. The average molecular weight is 360 g/mol. The Kier molecular flexibility index (Phi) is 786. The second-order valence-corrected chi connectivity index (χ2v) is 1.05. The van der Waals surface area contributed by atoms with E-state index in [1.807, 2.05) is 0 Å². The summed E-state index contributed by atoms with van der Waals surface area (Å²) in [5.74, 6) is 0. The van der Waals surface area contributed by atoms with Crippen LogP contribution in [0.1, 0.15) is 72.3 Å². The number of unbranched alkanes of at least 4 members (excludes halogenated alkanes) is 2. The Bertz CT molecular complexity index is 15.8. The minimum absolute atomic E-state index is 0. The number of hydrogen-bond acceptors (Lipinski definition) is 0. The molecule has 0 atom stereocenters. The van der Waals surface area contributed by atoms with Crippen molar-refractivity contribution in [2.75, 3.05) is 0 Å². The van der Waals surface area contributed by atoms with E-state index in [4.69, 9.17) is 0 Å². The largest absolute Gasteiger partial charge is 0.360 e. The van der Waals surface area contributed by atoms with Gasteiger partial charge in [-0.2, -0.15) is 13.8 Å². The van der Waals surface area contributed by atoms with Gasteiger partial charge in [-0.15, -0.1) is 0 Å². The quantitative estimate of drug-likeness (QED) is 0.509. The molecule has 0 amide bonds. The van der Waals surface area contributed by atoms with Crippen LogP contribution in [-0.4, -0.2) is 0 Å². The molecule has 0 aliphatic carbocycles. The fraction of sp³-hybridized carbons (Fsp3) is 0.833. The fourth-order valence-electron chi connectivity index (χ4n) is 0.236. The molecule has 0 nitrogen and oxygen atoms in total. The molecule has 0 spiro atoms. The Hall–Kier alpha value is 2.21. The smallest absolute Gasteiger partial charge is 0 e. The van der Waals surface area contributed by atoms with E-state index in [-0.39, 0.29) is 117 Å². The van der Waals surface area contributed by atoms with Crippen LogP contribution >= 0.6 is 0 Å². The maximum atomic E-state index is 2.12. The Morgan fingerprint density at radius 2 is 0.714 bits per heavy atom. The van der Waals surface area contributed by atoms with E-state index >= 15 is 0 Å². The van der Waals surface area contributed by atoms with Gasteiger partial charge < -0.3 is 19.3 Å². The van der Waals surface area contributed by atoms with Crippen molar-refractivity contribution in [2.45, 2.75) is 72.3 Å². The predicted octanol–water partition coefficient (Wildman–Crippen LogP) is 6.27. The minimum Gasteiger partial charge on any atom is -0.360 e. The third kappa shape index (κ3) is 140. The van der Waals surface area contributed by atoms with Gasteiger partial charge in [0.25, 0.3) is 0 Å². The first-order chi connectivity index (χ1) is 2.41. The molecule has 14 heavy (non-hydrogen) atoms. The van der Waals surface area contributed by atoms with Crippen molar-refractivity contribution in [1.29, 1.82) is 0 Å². The molecule has 0 heterocycles. The van der Waals surface area contributed by atoms with Crippen LogP contribution < -0.4 is 0 Å². The molecular formula is C12H38Y2-2. The average Bonchev–Trinajstić information content (AvgIpc) is 1.41. The third-order valence-corrected chi connectivity index (χ3v) is 0.471. The van der Waals surface area contributed by atoms with Crippen molar-refractivity contribution in [3.8, 4) is 0 Å². The first-order valence-electron chi connectivity index (χ1n) is 1.97. The van der Waals surface area contributed by atoms with Gasteiger partial charge in [-0.1, -0.05) is 52.0 Å². The third-order valence-electron chi connectivity index (χ3n) is 0.471. The Labute approximate surface area is 149 Å². The molecular weight excluding hydrogens is 322 g/mol. The van der Waals surface area contributed by atoms with E-state index in [0.29, 0.717) is 0 Å². The topological polar surface area (TPSA) is 0 Å². The molecule has 0 rings (SSSR count). The molecule has 0 saturated carbocycles. The van der Waals surface area contributed by atoms with Crippen molar-refractivity contribution in [3.63, 3.8) is 0 Å². The fourth-order valence-corrected chi connectivity index (χ4v) is 0.236. The first-order valence-corrected chi connectivity index (χ1v) is 1.97. The molecule has 0 unspecified atom stereocenters. The van der Waals surface area contributed by atoms with Crippen LogP contribution in [0.3, 0.4) is 0 Å². The molecule has 2 heteroatoms. The van der Waals surface area contributed by atoms with Gasteiger partial charge in [0.15, 0.2) is 0 Å². The van der Waals surface area contributed by atoms with Crippen LogP contribution in [0.5, 0.6) is 0 Å². The summed E-state index contributed by atoms with van der Waals surface area (Å²) in [7, 11) is 0. The SMILES string of the molecule is C.C.C.C.C.C.C.C[CH-]C[CH-]C.[Y].[Y]. The summed E-state index contributed by atoms with van der Waals surface area (Å²) in [5, 5.41) is 0. The van der Waals surface area contributed by atoms with Gasteiger partial charge in [0.1, 0.15) is 0 Å². The summed E-state index contributed by atoms with van der Waals surface area (Å²) in [6, 6.07) is 0. The van der Waals surface area contributed by atoms with Crippen molar-refractivity contribution < 1.29 is 65.4 Å². The van der Waals surface area contributed by atoms with Crippen LogP contribution in [0.25, 0.3) is 0 Å². The van der Waals surface area contributed by atoms with E-state index in [0.717, 1.165) is 6.42 Å². The molecule has 0 saturated heterocycles. The summed E-state index contributed by atoms with van der Waals surface area (Å²) in [4.78, 5) is 0. The Morgan fingerprint density at radius 3 is 0.714 bits per heavy atom. The van der Waals surface area contributed by atoms with Gasteiger partial charge in [-0.25, -0.2) is 0 Å². The van der Waals surface area contributed by atoms with Crippen LogP contribution in [0.15, 0.2) is 0 Å². The van der Waals surface area contributed by atoms with Crippen LogP contribution in [0.4, 0.5) is 0 Å². The summed E-state index contributed by atoms with van der Waals surface area (Å²) >= 11 is 0. The van der Waals surface area contributed by atoms with Crippen LogP contribution in [0, 0.1) is 12.8 Å². The Balaban J connectivity index is -0.00000000222. The van der Waals surface area contributed by atoms with Crippen LogP contribution in [-0.2, 0) is 65.4 Å². The van der Waals surface area contributed by atoms with Gasteiger partial charge in [-0.3, -0.25) is 0 Å². The molecule has 0 aliphatic rings. The van der Waals surface area contributed by atoms with Gasteiger partial charge >= 0.3 is 0 Å². The molecule has 0 bridgehead atoms. The zero-order chi connectivity index (χ0) is 4.12. The molecule has 0 aromatic rings. The number of rotatable bonds is 2. The summed E-state index contributed by atoms with van der Waals surface area (Å²) in [5.41, 5.74) is 0. The van der Waals surface area contributed by atoms with Crippen LogP contribution in [0.2, 0.25) is 0 Å². The summed E-state index contributed by atoms with van der Waals surface area (Å²) in [6.45, 7) is 4.11. The minimum atomic E-state index is 0. The van der Waals surface area contributed by atoms with Gasteiger partial charge in [0.05, 0.1) is 0 Å². The van der Waals surface area contributed by atoms with Gasteiger partial charge in [0, 0.05) is 65.4 Å². The van der Waals surface area contributed by atoms with Crippen molar-refractivity contribution >= 4 is 0 Å². The Morgan fingerprint density at radius 1 is 0.571 bits per heavy atom. The summed E-state index contributed by atoms with van der Waals surface area (Å²) < 4.78 is 0. The molecule has 0 aromatic carbocycles. The second kappa shape index (κ2) is 113. The molecule has 0 aliphatic heterocycles. The maximum absolute atomic E-state index is 2.12. The second-order valence-electron chi connectivity index (χ2n) is 1.05. The first kappa shape index (κ1) is 97.3. The maximum Gasteiger partial charge on any atom is 0 e. The number of hydrogen-bond donors (Lipinski definition) is 0.